The highest BCUT2D eigenvalue weighted by Crippen LogP contribution is 2.47. The fourth-order valence-corrected chi connectivity index (χ4v) is 8.82. The second-order valence-corrected chi connectivity index (χ2v) is 13.8. The summed E-state index contributed by atoms with van der Waals surface area (Å²) in [6.07, 6.45) is 0. The lowest BCUT2D eigenvalue weighted by Crippen LogP contribution is -2.04. The van der Waals surface area contributed by atoms with Crippen molar-refractivity contribution in [2.75, 3.05) is 0 Å². The fourth-order valence-electron chi connectivity index (χ4n) is 8.82. The molecule has 8 aromatic carbocycles. The number of fused-ring (bicyclic) bond motifs is 9. The van der Waals surface area contributed by atoms with Gasteiger partial charge < -0.3 is 4.40 Å². The Hall–Kier alpha value is -7.04. The molecule has 4 nitrogen and oxygen atoms in total. The third kappa shape index (κ3) is 3.65. The van der Waals surface area contributed by atoms with E-state index in [1.54, 1.807) is 0 Å². The molecular formula is C48H28N4. The zero-order valence-electron chi connectivity index (χ0n) is 28.0. The summed E-state index contributed by atoms with van der Waals surface area (Å²) in [5, 5.41) is 10.8. The predicted molar refractivity (Wildman–Crippen MR) is 217 cm³/mol. The predicted octanol–water partition coefficient (Wildman–Crippen LogP) is 12.4. The molecule has 0 aliphatic carbocycles. The van der Waals surface area contributed by atoms with Crippen molar-refractivity contribution in [3.8, 4) is 28.3 Å². The lowest BCUT2D eigenvalue weighted by Gasteiger charge is -2.13. The van der Waals surface area contributed by atoms with Crippen molar-refractivity contribution in [2.45, 2.75) is 0 Å². The first kappa shape index (κ1) is 27.7. The number of para-hydroxylation sites is 3. The standard InChI is InChI=1S/C48H28N4/c1-2-12-29(13-3-1)30-22-24-31(25-23-30)45-37-18-6-9-19-39(37)49-48(50-45)52-42-27-26-36-34-16-7-10-20-40(34)51-41-21-11-8-17-35(41)38-28-32-14-4-5-15-33(32)46(52)43(38)44(42)47(36)51/h1-28H. The molecule has 12 aromatic rings. The number of hydrogen-bond donors (Lipinski definition) is 0. The van der Waals surface area contributed by atoms with Crippen LogP contribution in [-0.4, -0.2) is 18.9 Å². The Morgan fingerprint density at radius 3 is 1.77 bits per heavy atom. The van der Waals surface area contributed by atoms with Crippen LogP contribution in [0.3, 0.4) is 0 Å². The second kappa shape index (κ2) is 10.3. The maximum atomic E-state index is 5.51. The van der Waals surface area contributed by atoms with Crippen LogP contribution >= 0.6 is 0 Å². The van der Waals surface area contributed by atoms with Gasteiger partial charge in [-0.15, -0.1) is 0 Å². The van der Waals surface area contributed by atoms with Crippen molar-refractivity contribution in [3.05, 3.63) is 170 Å². The van der Waals surface area contributed by atoms with Gasteiger partial charge in [-0.05, 0) is 52.2 Å². The van der Waals surface area contributed by atoms with Crippen LogP contribution in [0, 0.1) is 0 Å². The van der Waals surface area contributed by atoms with Crippen LogP contribution in [0.5, 0.6) is 0 Å². The van der Waals surface area contributed by atoms with Crippen LogP contribution < -0.4 is 0 Å². The van der Waals surface area contributed by atoms with Gasteiger partial charge in [0.05, 0.1) is 38.8 Å². The van der Waals surface area contributed by atoms with Crippen molar-refractivity contribution >= 4 is 81.6 Å². The first-order valence-corrected chi connectivity index (χ1v) is 17.8. The Morgan fingerprint density at radius 2 is 0.981 bits per heavy atom. The monoisotopic (exact) mass is 660 g/mol. The summed E-state index contributed by atoms with van der Waals surface area (Å²) in [5.41, 5.74) is 11.1. The minimum Gasteiger partial charge on any atom is -0.308 e. The van der Waals surface area contributed by atoms with E-state index < -0.39 is 0 Å². The Morgan fingerprint density at radius 1 is 0.365 bits per heavy atom. The fraction of sp³-hybridized carbons (Fsp3) is 0. The molecule has 0 amide bonds. The Balaban J connectivity index is 1.27. The molecule has 4 aromatic heterocycles. The normalized spacial score (nSPS) is 12.2. The van der Waals surface area contributed by atoms with Gasteiger partial charge in [0.25, 0.3) is 0 Å². The van der Waals surface area contributed by atoms with E-state index in [0.29, 0.717) is 5.95 Å². The van der Waals surface area contributed by atoms with Crippen molar-refractivity contribution < 1.29 is 0 Å². The van der Waals surface area contributed by atoms with Crippen LogP contribution in [0.15, 0.2) is 170 Å². The molecule has 240 valence electrons. The number of hydrogen-bond acceptors (Lipinski definition) is 2. The molecule has 0 N–H and O–H groups in total. The van der Waals surface area contributed by atoms with E-state index in [-0.39, 0.29) is 0 Å². The van der Waals surface area contributed by atoms with E-state index in [4.69, 9.17) is 9.97 Å². The number of benzene rings is 8. The molecule has 0 saturated heterocycles. The zero-order chi connectivity index (χ0) is 33.9. The van der Waals surface area contributed by atoms with Gasteiger partial charge in [0, 0.05) is 43.3 Å². The van der Waals surface area contributed by atoms with Gasteiger partial charge in [0.2, 0.25) is 5.95 Å². The smallest absolute Gasteiger partial charge is 0.235 e. The van der Waals surface area contributed by atoms with Crippen LogP contribution in [-0.2, 0) is 0 Å². The maximum Gasteiger partial charge on any atom is 0.235 e. The van der Waals surface area contributed by atoms with E-state index in [1.807, 2.05) is 0 Å². The molecule has 0 aliphatic rings. The van der Waals surface area contributed by atoms with Crippen LogP contribution in [0.1, 0.15) is 0 Å². The van der Waals surface area contributed by atoms with Gasteiger partial charge >= 0.3 is 0 Å². The largest absolute Gasteiger partial charge is 0.308 e. The molecule has 0 saturated carbocycles. The average molecular weight is 661 g/mol. The van der Waals surface area contributed by atoms with Crippen molar-refractivity contribution in [2.24, 2.45) is 0 Å². The van der Waals surface area contributed by atoms with Gasteiger partial charge in [-0.1, -0.05) is 140 Å². The van der Waals surface area contributed by atoms with Crippen LogP contribution in [0.25, 0.3) is 110 Å². The summed E-state index contributed by atoms with van der Waals surface area (Å²) in [7, 11) is 0. The summed E-state index contributed by atoms with van der Waals surface area (Å²) in [5.74, 6) is 0.666. The molecule has 0 bridgehead atoms. The Bertz CT molecular complexity index is 3390. The molecule has 0 unspecified atom stereocenters. The maximum absolute atomic E-state index is 5.51. The summed E-state index contributed by atoms with van der Waals surface area (Å²) >= 11 is 0. The molecule has 52 heavy (non-hydrogen) atoms. The van der Waals surface area contributed by atoms with Crippen molar-refractivity contribution in [1.82, 2.24) is 18.9 Å². The summed E-state index contributed by atoms with van der Waals surface area (Å²) in [6.45, 7) is 0. The average Bonchev–Trinajstić information content (AvgIpc) is 3.70. The lowest BCUT2D eigenvalue weighted by molar-refractivity contribution is 1.02. The van der Waals surface area contributed by atoms with Gasteiger partial charge in [-0.2, -0.15) is 0 Å². The van der Waals surface area contributed by atoms with Gasteiger partial charge in [-0.3, -0.25) is 4.57 Å². The highest BCUT2D eigenvalue weighted by molar-refractivity contribution is 6.36. The van der Waals surface area contributed by atoms with Crippen molar-refractivity contribution in [3.63, 3.8) is 0 Å². The molecule has 0 fully saturated rings. The van der Waals surface area contributed by atoms with Crippen LogP contribution in [0.2, 0.25) is 0 Å². The summed E-state index contributed by atoms with van der Waals surface area (Å²) < 4.78 is 4.82. The molecule has 12 rings (SSSR count). The van der Waals surface area contributed by atoms with E-state index in [9.17, 15) is 0 Å². The van der Waals surface area contributed by atoms with Gasteiger partial charge in [-0.25, -0.2) is 9.97 Å². The first-order chi connectivity index (χ1) is 25.8. The highest BCUT2D eigenvalue weighted by Gasteiger charge is 2.26. The SMILES string of the molecule is c1ccc(-c2ccc(-c3nc(-n4c5ccc6c7ccccc7n7c8ccccc8c8cc9ccccc9c4c8c5c67)nc4ccccc34)cc2)cc1. The highest BCUT2D eigenvalue weighted by atomic mass is 15.2. The van der Waals surface area contributed by atoms with Crippen molar-refractivity contribution in [1.29, 1.82) is 0 Å². The van der Waals surface area contributed by atoms with Gasteiger partial charge in [0.1, 0.15) is 0 Å². The summed E-state index contributed by atoms with van der Waals surface area (Å²) in [6, 6.07) is 61.1. The Labute approximate surface area is 297 Å². The minimum absolute atomic E-state index is 0.666. The molecular weight excluding hydrogens is 633 g/mol. The first-order valence-electron chi connectivity index (χ1n) is 17.8. The van der Waals surface area contributed by atoms with E-state index in [0.717, 1.165) is 33.2 Å². The second-order valence-electron chi connectivity index (χ2n) is 13.8. The molecule has 4 heterocycles. The number of nitrogens with zero attached hydrogens (tertiary/aromatic N) is 4. The topological polar surface area (TPSA) is 35.1 Å². The Kier molecular flexibility index (Phi) is 5.47. The van der Waals surface area contributed by atoms with E-state index in [2.05, 4.69) is 179 Å². The molecule has 0 atom stereocenters. The van der Waals surface area contributed by atoms with E-state index in [1.165, 1.54) is 70.8 Å². The number of aromatic nitrogens is 4. The third-order valence-corrected chi connectivity index (χ3v) is 11.0. The molecule has 4 heteroatoms. The van der Waals surface area contributed by atoms with Crippen LogP contribution in [0.4, 0.5) is 0 Å². The lowest BCUT2D eigenvalue weighted by atomic mass is 9.99. The molecule has 0 aliphatic heterocycles. The zero-order valence-corrected chi connectivity index (χ0v) is 28.0. The quantitative estimate of drug-likeness (QED) is 0.189. The molecule has 0 spiro atoms. The molecule has 0 radical (unpaired) electrons. The van der Waals surface area contributed by atoms with E-state index >= 15 is 0 Å². The minimum atomic E-state index is 0.666. The number of rotatable bonds is 3. The summed E-state index contributed by atoms with van der Waals surface area (Å²) in [4.78, 5) is 10.9. The van der Waals surface area contributed by atoms with Gasteiger partial charge in [0.15, 0.2) is 0 Å². The third-order valence-electron chi connectivity index (χ3n) is 11.0.